The first kappa shape index (κ1) is 12.7. The lowest BCUT2D eigenvalue weighted by atomic mass is 9.94. The molecule has 16 heavy (non-hydrogen) atoms. The highest BCUT2D eigenvalue weighted by Crippen LogP contribution is 2.19. The van der Waals surface area contributed by atoms with Crippen LogP contribution in [0.3, 0.4) is 0 Å². The summed E-state index contributed by atoms with van der Waals surface area (Å²) in [6, 6.07) is 0. The van der Waals surface area contributed by atoms with Crippen LogP contribution in [0.25, 0.3) is 0 Å². The molecule has 0 aromatic rings. The highest BCUT2D eigenvalue weighted by atomic mass is 16.7. The first-order chi connectivity index (χ1) is 7.47. The fourth-order valence-corrected chi connectivity index (χ4v) is 1.73. The molecule has 0 N–H and O–H groups in total. The second kappa shape index (κ2) is 5.09. The van der Waals surface area contributed by atoms with Crippen molar-refractivity contribution < 1.29 is 19.2 Å². The molecule has 1 atom stereocenters. The Morgan fingerprint density at radius 2 is 1.81 bits per heavy atom. The van der Waals surface area contributed by atoms with Gasteiger partial charge in [0.15, 0.2) is 0 Å². The molecule has 5 nitrogen and oxygen atoms in total. The van der Waals surface area contributed by atoms with E-state index in [4.69, 9.17) is 4.84 Å². The standard InChI is InChI=1S/C11H17NO4/c1-4-8(7(2)3)11(15)16-12-9(13)5-6-10(12)14/h7-8H,4-6H2,1-3H3/t8-/m0/s1. The predicted molar refractivity (Wildman–Crippen MR) is 55.8 cm³/mol. The van der Waals surface area contributed by atoms with E-state index in [1.807, 2.05) is 20.8 Å². The average molecular weight is 227 g/mol. The summed E-state index contributed by atoms with van der Waals surface area (Å²) < 4.78 is 0. The molecule has 0 bridgehead atoms. The zero-order valence-corrected chi connectivity index (χ0v) is 9.86. The zero-order valence-electron chi connectivity index (χ0n) is 9.86. The van der Waals surface area contributed by atoms with E-state index in [-0.39, 0.29) is 24.7 Å². The van der Waals surface area contributed by atoms with E-state index < -0.39 is 17.8 Å². The third-order valence-corrected chi connectivity index (χ3v) is 2.73. The van der Waals surface area contributed by atoms with E-state index in [0.29, 0.717) is 11.5 Å². The molecule has 1 saturated heterocycles. The average Bonchev–Trinajstić information content (AvgIpc) is 2.50. The molecule has 5 heteroatoms. The quantitative estimate of drug-likeness (QED) is 0.678. The number of hydroxylamine groups is 2. The van der Waals surface area contributed by atoms with Gasteiger partial charge in [0, 0.05) is 12.8 Å². The van der Waals surface area contributed by atoms with Crippen molar-refractivity contribution in [3.63, 3.8) is 0 Å². The number of imide groups is 1. The molecule has 0 aliphatic carbocycles. The number of amides is 2. The summed E-state index contributed by atoms with van der Waals surface area (Å²) in [6.07, 6.45) is 0.891. The summed E-state index contributed by atoms with van der Waals surface area (Å²) in [6.45, 7) is 5.69. The van der Waals surface area contributed by atoms with Crippen LogP contribution >= 0.6 is 0 Å². The number of carbonyl (C=O) groups excluding carboxylic acids is 3. The Labute approximate surface area is 94.7 Å². The maximum atomic E-state index is 11.7. The second-order valence-electron chi connectivity index (χ2n) is 4.25. The van der Waals surface area contributed by atoms with Gasteiger partial charge >= 0.3 is 5.97 Å². The largest absolute Gasteiger partial charge is 0.336 e. The number of carbonyl (C=O) groups is 3. The number of rotatable bonds is 4. The van der Waals surface area contributed by atoms with Crippen molar-refractivity contribution in [1.82, 2.24) is 5.06 Å². The van der Waals surface area contributed by atoms with Crippen molar-refractivity contribution in [3.8, 4) is 0 Å². The molecule has 0 aromatic carbocycles. The maximum absolute atomic E-state index is 11.7. The number of hydrogen-bond donors (Lipinski definition) is 0. The molecule has 0 radical (unpaired) electrons. The SMILES string of the molecule is CC[C@H](C(=O)ON1C(=O)CCC1=O)C(C)C. The Bertz CT molecular complexity index is 295. The molecule has 1 aliphatic heterocycles. The molecule has 1 rings (SSSR count). The Morgan fingerprint density at radius 1 is 1.31 bits per heavy atom. The van der Waals surface area contributed by atoms with Crippen molar-refractivity contribution in [2.45, 2.75) is 40.0 Å². The molecule has 90 valence electrons. The van der Waals surface area contributed by atoms with Gasteiger partial charge in [0.2, 0.25) is 0 Å². The van der Waals surface area contributed by atoms with Crippen molar-refractivity contribution >= 4 is 17.8 Å². The summed E-state index contributed by atoms with van der Waals surface area (Å²) in [5.74, 6) is -1.51. The van der Waals surface area contributed by atoms with Crippen LogP contribution in [0.5, 0.6) is 0 Å². The summed E-state index contributed by atoms with van der Waals surface area (Å²) >= 11 is 0. The van der Waals surface area contributed by atoms with Crippen LogP contribution < -0.4 is 0 Å². The molecule has 0 saturated carbocycles. The fraction of sp³-hybridized carbons (Fsp3) is 0.727. The summed E-state index contributed by atoms with van der Waals surface area (Å²) in [5, 5.41) is 0.605. The van der Waals surface area contributed by atoms with Crippen LogP contribution in [0.2, 0.25) is 0 Å². The Hall–Kier alpha value is -1.39. The molecule has 0 unspecified atom stereocenters. The van der Waals surface area contributed by atoms with Crippen molar-refractivity contribution in [3.05, 3.63) is 0 Å². The fourth-order valence-electron chi connectivity index (χ4n) is 1.73. The van der Waals surface area contributed by atoms with Crippen molar-refractivity contribution in [1.29, 1.82) is 0 Å². The van der Waals surface area contributed by atoms with Gasteiger partial charge in [-0.2, -0.15) is 0 Å². The minimum absolute atomic E-state index is 0.130. The molecule has 0 aromatic heterocycles. The Morgan fingerprint density at radius 3 is 2.19 bits per heavy atom. The maximum Gasteiger partial charge on any atom is 0.336 e. The number of hydrogen-bond acceptors (Lipinski definition) is 4. The normalized spacial score (nSPS) is 18.1. The molecule has 1 heterocycles. The van der Waals surface area contributed by atoms with Crippen LogP contribution in [-0.4, -0.2) is 22.8 Å². The highest BCUT2D eigenvalue weighted by molar-refractivity contribution is 6.01. The molecule has 1 fully saturated rings. The van der Waals surface area contributed by atoms with Crippen molar-refractivity contribution in [2.75, 3.05) is 0 Å². The van der Waals surface area contributed by atoms with Crippen LogP contribution in [0.4, 0.5) is 0 Å². The molecule has 1 aliphatic rings. The van der Waals surface area contributed by atoms with Gasteiger partial charge in [-0.3, -0.25) is 9.59 Å². The lowest BCUT2D eigenvalue weighted by Gasteiger charge is -2.20. The minimum Gasteiger partial charge on any atom is -0.330 e. The van der Waals surface area contributed by atoms with Crippen LogP contribution in [-0.2, 0) is 19.2 Å². The Kier molecular flexibility index (Phi) is 4.04. The second-order valence-corrected chi connectivity index (χ2v) is 4.25. The summed E-state index contributed by atoms with van der Waals surface area (Å²) in [4.78, 5) is 39.0. The molecular formula is C11H17NO4. The van der Waals surface area contributed by atoms with Crippen molar-refractivity contribution in [2.24, 2.45) is 11.8 Å². The van der Waals surface area contributed by atoms with Crippen LogP contribution in [0.15, 0.2) is 0 Å². The first-order valence-electron chi connectivity index (χ1n) is 5.55. The highest BCUT2D eigenvalue weighted by Gasteiger charge is 2.35. The third kappa shape index (κ3) is 2.59. The topological polar surface area (TPSA) is 63.7 Å². The van der Waals surface area contributed by atoms with Gasteiger partial charge in [0.05, 0.1) is 5.92 Å². The lowest BCUT2D eigenvalue weighted by molar-refractivity contribution is -0.201. The predicted octanol–water partition coefficient (Wildman–Crippen LogP) is 1.28. The van der Waals surface area contributed by atoms with Gasteiger partial charge in [0.25, 0.3) is 11.8 Å². The van der Waals surface area contributed by atoms with E-state index >= 15 is 0 Å². The molecular weight excluding hydrogens is 210 g/mol. The zero-order chi connectivity index (χ0) is 12.3. The van der Waals surface area contributed by atoms with Gasteiger partial charge < -0.3 is 4.84 Å². The Balaban J connectivity index is 2.63. The molecule has 0 spiro atoms. The number of nitrogens with zero attached hydrogens (tertiary/aromatic N) is 1. The van der Waals surface area contributed by atoms with Gasteiger partial charge in [-0.05, 0) is 12.3 Å². The first-order valence-corrected chi connectivity index (χ1v) is 5.55. The summed E-state index contributed by atoms with van der Waals surface area (Å²) in [7, 11) is 0. The van der Waals surface area contributed by atoms with Crippen LogP contribution in [0.1, 0.15) is 40.0 Å². The third-order valence-electron chi connectivity index (χ3n) is 2.73. The van der Waals surface area contributed by atoms with Gasteiger partial charge in [0.1, 0.15) is 0 Å². The van der Waals surface area contributed by atoms with E-state index in [0.717, 1.165) is 0 Å². The monoisotopic (exact) mass is 227 g/mol. The van der Waals surface area contributed by atoms with Gasteiger partial charge in [-0.25, -0.2) is 4.79 Å². The lowest BCUT2D eigenvalue weighted by Crippen LogP contribution is -2.35. The molecule has 2 amide bonds. The van der Waals surface area contributed by atoms with E-state index in [9.17, 15) is 14.4 Å². The van der Waals surface area contributed by atoms with E-state index in [1.165, 1.54) is 0 Å². The smallest absolute Gasteiger partial charge is 0.330 e. The van der Waals surface area contributed by atoms with E-state index in [1.54, 1.807) is 0 Å². The van der Waals surface area contributed by atoms with E-state index in [2.05, 4.69) is 0 Å². The van der Waals surface area contributed by atoms with Crippen LogP contribution in [0, 0.1) is 11.8 Å². The van der Waals surface area contributed by atoms with Gasteiger partial charge in [-0.1, -0.05) is 20.8 Å². The van der Waals surface area contributed by atoms with Gasteiger partial charge in [-0.15, -0.1) is 5.06 Å². The minimum atomic E-state index is -0.499. The summed E-state index contributed by atoms with van der Waals surface area (Å²) in [5.41, 5.74) is 0.